The molecule has 0 saturated heterocycles. The number of aryl methyl sites for hydroxylation is 1. The van der Waals surface area contributed by atoms with Gasteiger partial charge in [-0.15, -0.1) is 0 Å². The number of anilines is 1. The van der Waals surface area contributed by atoms with Crippen LogP contribution >= 0.6 is 0 Å². The van der Waals surface area contributed by atoms with E-state index < -0.39 is 0 Å². The first-order valence-corrected chi connectivity index (χ1v) is 7.13. The third-order valence-corrected chi connectivity index (χ3v) is 3.31. The Morgan fingerprint density at radius 2 is 1.90 bits per heavy atom. The summed E-state index contributed by atoms with van der Waals surface area (Å²) in [4.78, 5) is 14.0. The molecule has 0 atom stereocenters. The van der Waals surface area contributed by atoms with Gasteiger partial charge in [0.15, 0.2) is 0 Å². The second-order valence-corrected chi connectivity index (χ2v) is 6.14. The molecule has 0 aliphatic heterocycles. The van der Waals surface area contributed by atoms with Crippen molar-refractivity contribution in [3.05, 3.63) is 29.8 Å². The number of likely N-dealkylation sites (N-methyl/N-ethyl adjacent to an activating group) is 1. The van der Waals surface area contributed by atoms with Crippen LogP contribution in [0.15, 0.2) is 24.3 Å². The van der Waals surface area contributed by atoms with E-state index in [1.807, 2.05) is 36.2 Å². The Bertz CT molecular complexity index is 426. The van der Waals surface area contributed by atoms with Crippen LogP contribution < -0.4 is 11.1 Å². The van der Waals surface area contributed by atoms with Gasteiger partial charge in [0, 0.05) is 12.2 Å². The number of rotatable bonds is 7. The number of nitrogens with two attached hydrogens (primary N) is 1. The second-order valence-electron chi connectivity index (χ2n) is 6.14. The molecule has 0 heterocycles. The molecule has 3 N–H and O–H groups in total. The van der Waals surface area contributed by atoms with E-state index in [9.17, 15) is 4.79 Å². The predicted molar refractivity (Wildman–Crippen MR) is 84.8 cm³/mol. The third kappa shape index (κ3) is 5.72. The number of nitrogens with one attached hydrogen (secondary N) is 1. The van der Waals surface area contributed by atoms with Crippen LogP contribution in [0.5, 0.6) is 0 Å². The van der Waals surface area contributed by atoms with Gasteiger partial charge in [-0.05, 0) is 43.1 Å². The number of amides is 1. The van der Waals surface area contributed by atoms with E-state index >= 15 is 0 Å². The van der Waals surface area contributed by atoms with Crippen LogP contribution in [0.25, 0.3) is 0 Å². The van der Waals surface area contributed by atoms with Gasteiger partial charge in [-0.2, -0.15) is 0 Å². The summed E-state index contributed by atoms with van der Waals surface area (Å²) in [7, 11) is 1.94. The lowest BCUT2D eigenvalue weighted by atomic mass is 9.93. The van der Waals surface area contributed by atoms with Crippen LogP contribution in [0.4, 0.5) is 5.69 Å². The van der Waals surface area contributed by atoms with Crippen molar-refractivity contribution in [3.63, 3.8) is 0 Å². The molecule has 1 aromatic rings. The number of hydrogen-bond acceptors (Lipinski definition) is 3. The second kappa shape index (κ2) is 7.41. The first-order valence-electron chi connectivity index (χ1n) is 7.13. The molecule has 0 spiro atoms. The average molecular weight is 277 g/mol. The van der Waals surface area contributed by atoms with Gasteiger partial charge in [0.25, 0.3) is 0 Å². The first kappa shape index (κ1) is 16.7. The Labute approximate surface area is 122 Å². The summed E-state index contributed by atoms with van der Waals surface area (Å²) < 4.78 is 0. The minimum Gasteiger partial charge on any atom is -0.330 e. The van der Waals surface area contributed by atoms with Crippen molar-refractivity contribution < 1.29 is 4.79 Å². The van der Waals surface area contributed by atoms with Gasteiger partial charge in [0.05, 0.1) is 6.54 Å². The summed E-state index contributed by atoms with van der Waals surface area (Å²) in [5.74, 6) is 0.00423. The van der Waals surface area contributed by atoms with Crippen molar-refractivity contribution in [1.82, 2.24) is 4.90 Å². The van der Waals surface area contributed by atoms with Crippen LogP contribution in [0.3, 0.4) is 0 Å². The van der Waals surface area contributed by atoms with Gasteiger partial charge in [0.2, 0.25) is 5.91 Å². The summed E-state index contributed by atoms with van der Waals surface area (Å²) >= 11 is 0. The topological polar surface area (TPSA) is 58.4 Å². The molecule has 0 fully saturated rings. The highest BCUT2D eigenvalue weighted by Crippen LogP contribution is 2.14. The van der Waals surface area contributed by atoms with Crippen molar-refractivity contribution >= 4 is 11.6 Å². The first-order chi connectivity index (χ1) is 9.36. The fourth-order valence-electron chi connectivity index (χ4n) is 2.12. The van der Waals surface area contributed by atoms with E-state index in [0.29, 0.717) is 13.1 Å². The van der Waals surface area contributed by atoms with E-state index in [4.69, 9.17) is 5.73 Å². The maximum atomic E-state index is 12.0. The van der Waals surface area contributed by atoms with Crippen molar-refractivity contribution in [2.24, 2.45) is 11.1 Å². The van der Waals surface area contributed by atoms with Crippen LogP contribution in [-0.4, -0.2) is 37.5 Å². The number of carbonyl (C=O) groups excluding carboxylic acids is 1. The van der Waals surface area contributed by atoms with Crippen LogP contribution in [0, 0.1) is 5.41 Å². The molecule has 112 valence electrons. The highest BCUT2D eigenvalue weighted by atomic mass is 16.2. The Morgan fingerprint density at radius 1 is 1.30 bits per heavy atom. The zero-order chi connectivity index (χ0) is 15.2. The van der Waals surface area contributed by atoms with Crippen LogP contribution in [0.1, 0.15) is 26.3 Å². The monoisotopic (exact) mass is 277 g/mol. The lowest BCUT2D eigenvalue weighted by Crippen LogP contribution is -2.40. The van der Waals surface area contributed by atoms with Crippen molar-refractivity contribution in [1.29, 1.82) is 0 Å². The summed E-state index contributed by atoms with van der Waals surface area (Å²) in [5, 5.41) is 2.92. The average Bonchev–Trinajstić information content (AvgIpc) is 2.38. The molecule has 20 heavy (non-hydrogen) atoms. The zero-order valence-corrected chi connectivity index (χ0v) is 13.1. The van der Waals surface area contributed by atoms with Crippen LogP contribution in [-0.2, 0) is 11.2 Å². The molecule has 0 saturated carbocycles. The summed E-state index contributed by atoms with van der Waals surface area (Å²) in [6.45, 7) is 8.10. The minimum absolute atomic E-state index is 0.00423. The van der Waals surface area contributed by atoms with E-state index in [2.05, 4.69) is 26.1 Å². The quantitative estimate of drug-likeness (QED) is 0.802. The SMILES string of the molecule is CCc1ccc(NC(=O)CN(C)CC(C)(C)CN)cc1. The molecule has 4 heteroatoms. The highest BCUT2D eigenvalue weighted by Gasteiger charge is 2.19. The molecule has 0 aromatic heterocycles. The number of hydrogen-bond donors (Lipinski definition) is 2. The van der Waals surface area contributed by atoms with Gasteiger partial charge in [-0.25, -0.2) is 0 Å². The Morgan fingerprint density at radius 3 is 2.40 bits per heavy atom. The molecule has 1 amide bonds. The molecular formula is C16H27N3O. The van der Waals surface area contributed by atoms with E-state index in [1.54, 1.807) is 0 Å². The smallest absolute Gasteiger partial charge is 0.238 e. The molecule has 4 nitrogen and oxygen atoms in total. The van der Waals surface area contributed by atoms with E-state index in [1.165, 1.54) is 5.56 Å². The fraction of sp³-hybridized carbons (Fsp3) is 0.562. The van der Waals surface area contributed by atoms with E-state index in [-0.39, 0.29) is 11.3 Å². The third-order valence-electron chi connectivity index (χ3n) is 3.31. The number of nitrogens with zero attached hydrogens (tertiary/aromatic N) is 1. The highest BCUT2D eigenvalue weighted by molar-refractivity contribution is 5.92. The van der Waals surface area contributed by atoms with Gasteiger partial charge >= 0.3 is 0 Å². The van der Waals surface area contributed by atoms with Crippen molar-refractivity contribution in [2.45, 2.75) is 27.2 Å². The van der Waals surface area contributed by atoms with Gasteiger partial charge in [-0.3, -0.25) is 9.69 Å². The maximum Gasteiger partial charge on any atom is 0.238 e. The molecular weight excluding hydrogens is 250 g/mol. The van der Waals surface area contributed by atoms with Gasteiger partial charge in [-0.1, -0.05) is 32.9 Å². The number of benzene rings is 1. The fourth-order valence-corrected chi connectivity index (χ4v) is 2.12. The van der Waals surface area contributed by atoms with Gasteiger partial charge < -0.3 is 11.1 Å². The Kier molecular flexibility index (Phi) is 6.17. The van der Waals surface area contributed by atoms with E-state index in [0.717, 1.165) is 18.7 Å². The van der Waals surface area contributed by atoms with Gasteiger partial charge in [0.1, 0.15) is 0 Å². The normalized spacial score (nSPS) is 11.7. The largest absolute Gasteiger partial charge is 0.330 e. The Balaban J connectivity index is 2.46. The number of carbonyl (C=O) groups is 1. The molecule has 0 aliphatic carbocycles. The molecule has 0 radical (unpaired) electrons. The summed E-state index contributed by atoms with van der Waals surface area (Å²) in [6.07, 6.45) is 1.01. The molecule has 0 bridgehead atoms. The lowest BCUT2D eigenvalue weighted by Gasteiger charge is -2.28. The molecule has 1 aromatic carbocycles. The molecule has 1 rings (SSSR count). The van der Waals surface area contributed by atoms with Crippen molar-refractivity contribution in [2.75, 3.05) is 32.0 Å². The lowest BCUT2D eigenvalue weighted by molar-refractivity contribution is -0.117. The molecule has 0 unspecified atom stereocenters. The van der Waals surface area contributed by atoms with Crippen LogP contribution in [0.2, 0.25) is 0 Å². The molecule has 0 aliphatic rings. The van der Waals surface area contributed by atoms with Crippen molar-refractivity contribution in [3.8, 4) is 0 Å². The Hall–Kier alpha value is -1.39. The predicted octanol–water partition coefficient (Wildman–Crippen LogP) is 2.10. The standard InChI is InChI=1S/C16H27N3O/c1-5-13-6-8-14(9-7-13)18-15(20)10-19(4)12-16(2,3)11-17/h6-9H,5,10-12,17H2,1-4H3,(H,18,20). The summed E-state index contributed by atoms with van der Waals surface area (Å²) in [5.41, 5.74) is 7.85. The summed E-state index contributed by atoms with van der Waals surface area (Å²) in [6, 6.07) is 7.97. The maximum absolute atomic E-state index is 12.0. The zero-order valence-electron chi connectivity index (χ0n) is 13.1. The minimum atomic E-state index is 0.00423.